The van der Waals surface area contributed by atoms with Gasteiger partial charge in [0.2, 0.25) is 11.8 Å². The van der Waals surface area contributed by atoms with Gasteiger partial charge < -0.3 is 15.2 Å². The van der Waals surface area contributed by atoms with Gasteiger partial charge in [-0.2, -0.15) is 5.26 Å². The van der Waals surface area contributed by atoms with Crippen LogP contribution in [0.3, 0.4) is 0 Å². The first kappa shape index (κ1) is 18.8. The van der Waals surface area contributed by atoms with E-state index < -0.39 is 17.3 Å². The molecule has 1 saturated heterocycles. The minimum Gasteiger partial charge on any atom is -0.439 e. The lowest BCUT2D eigenvalue weighted by atomic mass is 9.74. The van der Waals surface area contributed by atoms with Gasteiger partial charge in [-0.15, -0.1) is 0 Å². The quantitative estimate of drug-likeness (QED) is 0.849. The third kappa shape index (κ3) is 3.17. The molecule has 2 aliphatic rings. The molecule has 1 aromatic carbocycles. The van der Waals surface area contributed by atoms with Crippen LogP contribution in [0.2, 0.25) is 0 Å². The molecule has 0 saturated carbocycles. The number of carbonyl (C=O) groups is 1. The van der Waals surface area contributed by atoms with Gasteiger partial charge in [0.05, 0.1) is 24.2 Å². The van der Waals surface area contributed by atoms with Gasteiger partial charge in [-0.1, -0.05) is 0 Å². The molecule has 2 N–H and O–H groups in total. The number of amides is 1. The zero-order valence-corrected chi connectivity index (χ0v) is 15.6. The summed E-state index contributed by atoms with van der Waals surface area (Å²) in [5.41, 5.74) is 5.23. The summed E-state index contributed by atoms with van der Waals surface area (Å²) >= 11 is 0. The average Bonchev–Trinajstić information content (AvgIpc) is 2.73. The molecule has 3 heterocycles. The largest absolute Gasteiger partial charge is 0.439 e. The highest BCUT2D eigenvalue weighted by molar-refractivity contribution is 6.00. The van der Waals surface area contributed by atoms with Crippen LogP contribution in [0.25, 0.3) is 0 Å². The van der Waals surface area contributed by atoms with Crippen LogP contribution in [-0.2, 0) is 15.1 Å². The van der Waals surface area contributed by atoms with Crippen LogP contribution in [0.5, 0.6) is 11.6 Å². The third-order valence-electron chi connectivity index (χ3n) is 5.23. The third-order valence-corrected chi connectivity index (χ3v) is 5.23. The van der Waals surface area contributed by atoms with Crippen molar-refractivity contribution in [2.45, 2.75) is 12.0 Å². The minimum absolute atomic E-state index is 0.00543. The van der Waals surface area contributed by atoms with Crippen molar-refractivity contribution in [3.63, 3.8) is 0 Å². The lowest BCUT2D eigenvalue weighted by Crippen LogP contribution is -2.58. The summed E-state index contributed by atoms with van der Waals surface area (Å²) in [6.07, 6.45) is 1.85. The van der Waals surface area contributed by atoms with E-state index in [2.05, 4.69) is 9.98 Å². The summed E-state index contributed by atoms with van der Waals surface area (Å²) in [5, 5.41) is 9.02. The van der Waals surface area contributed by atoms with Crippen molar-refractivity contribution in [1.29, 1.82) is 5.26 Å². The second kappa shape index (κ2) is 7.14. The molecule has 2 unspecified atom stereocenters. The number of aliphatic imine (C=N–C) groups is 1. The molecular weight excluding hydrogens is 377 g/mol. The van der Waals surface area contributed by atoms with E-state index in [0.29, 0.717) is 24.3 Å². The molecule has 4 rings (SSSR count). The first-order valence-electron chi connectivity index (χ1n) is 8.99. The number of fused-ring (bicyclic) bond motifs is 1. The van der Waals surface area contributed by atoms with E-state index in [0.717, 1.165) is 0 Å². The summed E-state index contributed by atoms with van der Waals surface area (Å²) in [5.74, 6) is -0.875. The van der Waals surface area contributed by atoms with Crippen LogP contribution >= 0.6 is 0 Å². The molecule has 0 radical (unpaired) electrons. The molecule has 1 amide bonds. The SMILES string of the molecule is CN1C(=O)C2CCOCC2(c2cc(Oc3cc(C#N)ccn3)ccc2F)N=C1N. The molecule has 0 bridgehead atoms. The number of nitrogens with two attached hydrogens (primary N) is 1. The molecule has 148 valence electrons. The Morgan fingerprint density at radius 3 is 3.03 bits per heavy atom. The normalized spacial score (nSPS) is 23.8. The summed E-state index contributed by atoms with van der Waals surface area (Å²) in [6, 6.07) is 9.20. The van der Waals surface area contributed by atoms with Crippen molar-refractivity contribution < 1.29 is 18.7 Å². The maximum absolute atomic E-state index is 14.9. The number of hydrogen-bond acceptors (Lipinski definition) is 7. The number of benzene rings is 1. The Morgan fingerprint density at radius 2 is 2.24 bits per heavy atom. The number of guanidine groups is 1. The van der Waals surface area contributed by atoms with Crippen molar-refractivity contribution in [3.05, 3.63) is 53.5 Å². The van der Waals surface area contributed by atoms with Crippen LogP contribution in [0.4, 0.5) is 4.39 Å². The first-order valence-corrected chi connectivity index (χ1v) is 8.99. The van der Waals surface area contributed by atoms with Crippen molar-refractivity contribution in [1.82, 2.24) is 9.88 Å². The molecule has 0 spiro atoms. The van der Waals surface area contributed by atoms with Crippen LogP contribution in [0.1, 0.15) is 17.5 Å². The van der Waals surface area contributed by atoms with Crippen molar-refractivity contribution in [3.8, 4) is 17.7 Å². The standard InChI is InChI=1S/C20H18FN5O3/c1-26-18(27)14-5-7-28-11-20(14,25-19(26)23)15-9-13(2-3-16(15)21)29-17-8-12(10-22)4-6-24-17/h2-4,6,8-9,14H,5,7,11H2,1H3,(H2,23,25). The van der Waals surface area contributed by atoms with Crippen molar-refractivity contribution in [2.24, 2.45) is 16.6 Å². The maximum Gasteiger partial charge on any atom is 0.235 e. The number of ether oxygens (including phenoxy) is 2. The van der Waals surface area contributed by atoms with E-state index in [1.807, 2.05) is 6.07 Å². The molecule has 0 aliphatic carbocycles. The number of carbonyl (C=O) groups excluding carboxylic acids is 1. The van der Waals surface area contributed by atoms with Gasteiger partial charge in [0.1, 0.15) is 17.1 Å². The Labute approximate surface area is 166 Å². The maximum atomic E-state index is 14.9. The fourth-order valence-electron chi connectivity index (χ4n) is 3.71. The number of nitrogens with zero attached hydrogens (tertiary/aromatic N) is 4. The first-order chi connectivity index (χ1) is 13.9. The fraction of sp³-hybridized carbons (Fsp3) is 0.300. The Hall–Kier alpha value is -3.51. The van der Waals surface area contributed by atoms with E-state index >= 15 is 0 Å². The van der Waals surface area contributed by atoms with Crippen LogP contribution in [0.15, 0.2) is 41.5 Å². The second-order valence-corrected chi connectivity index (χ2v) is 6.92. The zero-order valence-electron chi connectivity index (χ0n) is 15.6. The van der Waals surface area contributed by atoms with Crippen LogP contribution in [-0.4, -0.2) is 42.0 Å². The fourth-order valence-corrected chi connectivity index (χ4v) is 3.71. The van der Waals surface area contributed by atoms with Gasteiger partial charge in [0.15, 0.2) is 5.96 Å². The number of aromatic nitrogens is 1. The molecular formula is C20H18FN5O3. The molecule has 8 nitrogen and oxygen atoms in total. The lowest BCUT2D eigenvalue weighted by molar-refractivity contribution is -0.140. The lowest BCUT2D eigenvalue weighted by Gasteiger charge is -2.45. The number of halogens is 1. The highest BCUT2D eigenvalue weighted by atomic mass is 19.1. The summed E-state index contributed by atoms with van der Waals surface area (Å²) in [4.78, 5) is 22.7. The predicted molar refractivity (Wildman–Crippen MR) is 100 cm³/mol. The average molecular weight is 395 g/mol. The number of nitriles is 1. The van der Waals surface area contributed by atoms with Gasteiger partial charge in [-0.05, 0) is 30.7 Å². The van der Waals surface area contributed by atoms with Crippen molar-refractivity contribution >= 4 is 11.9 Å². The Balaban J connectivity index is 1.78. The molecule has 29 heavy (non-hydrogen) atoms. The number of rotatable bonds is 3. The predicted octanol–water partition coefficient (Wildman–Crippen LogP) is 1.90. The second-order valence-electron chi connectivity index (χ2n) is 6.92. The van der Waals surface area contributed by atoms with E-state index in [-0.39, 0.29) is 29.9 Å². The van der Waals surface area contributed by atoms with Crippen LogP contribution < -0.4 is 10.5 Å². The molecule has 1 fully saturated rings. The van der Waals surface area contributed by atoms with Crippen molar-refractivity contribution in [2.75, 3.05) is 20.3 Å². The van der Waals surface area contributed by atoms with E-state index in [4.69, 9.17) is 20.5 Å². The Kier molecular flexibility index (Phi) is 4.64. The smallest absolute Gasteiger partial charge is 0.235 e. The summed E-state index contributed by atoms with van der Waals surface area (Å²) in [6.45, 7) is 0.407. The Morgan fingerprint density at radius 1 is 1.41 bits per heavy atom. The molecule has 1 aromatic heterocycles. The van der Waals surface area contributed by atoms with Gasteiger partial charge >= 0.3 is 0 Å². The summed E-state index contributed by atoms with van der Waals surface area (Å²) in [7, 11) is 1.55. The Bertz CT molecular complexity index is 1050. The van der Waals surface area contributed by atoms with Gasteiger partial charge in [0.25, 0.3) is 0 Å². The molecule has 2 aliphatic heterocycles. The zero-order chi connectivity index (χ0) is 20.6. The van der Waals surface area contributed by atoms with E-state index in [9.17, 15) is 9.18 Å². The van der Waals surface area contributed by atoms with Crippen LogP contribution in [0, 0.1) is 23.1 Å². The molecule has 2 aromatic rings. The van der Waals surface area contributed by atoms with E-state index in [1.165, 1.54) is 35.4 Å². The monoisotopic (exact) mass is 395 g/mol. The van der Waals surface area contributed by atoms with Gasteiger partial charge in [-0.3, -0.25) is 9.69 Å². The summed E-state index contributed by atoms with van der Waals surface area (Å²) < 4.78 is 26.2. The number of pyridine rings is 1. The molecule has 9 heteroatoms. The molecule has 2 atom stereocenters. The van der Waals surface area contributed by atoms with E-state index in [1.54, 1.807) is 13.1 Å². The highest BCUT2D eigenvalue weighted by Crippen LogP contribution is 2.44. The van der Waals surface area contributed by atoms with Gasteiger partial charge in [-0.25, -0.2) is 14.4 Å². The topological polar surface area (TPSA) is 114 Å². The minimum atomic E-state index is -1.27. The highest BCUT2D eigenvalue weighted by Gasteiger charge is 2.52. The number of hydrogen-bond donors (Lipinski definition) is 1. The van der Waals surface area contributed by atoms with Gasteiger partial charge in [0, 0.05) is 31.5 Å².